The number of aromatic amines is 1. The van der Waals surface area contributed by atoms with Crippen LogP contribution in [0.25, 0.3) is 10.9 Å². The molecule has 0 bridgehead atoms. The predicted molar refractivity (Wildman–Crippen MR) is 62.4 cm³/mol. The molecule has 0 saturated heterocycles. The van der Waals surface area contributed by atoms with Crippen molar-refractivity contribution in [3.8, 4) is 0 Å². The SMILES string of the molecule is O=C(O)[C@H](S)Cc1c[nH]c2ccccc12. The number of para-hydroxylation sites is 1. The Morgan fingerprint density at radius 1 is 1.47 bits per heavy atom. The van der Waals surface area contributed by atoms with Crippen LogP contribution in [0.5, 0.6) is 0 Å². The smallest absolute Gasteiger partial charge is 0.316 e. The maximum Gasteiger partial charge on any atom is 0.316 e. The van der Waals surface area contributed by atoms with E-state index in [1.54, 1.807) is 0 Å². The van der Waals surface area contributed by atoms with Crippen LogP contribution in [0, 0.1) is 0 Å². The maximum atomic E-state index is 10.7. The third kappa shape index (κ3) is 1.99. The zero-order valence-electron chi connectivity index (χ0n) is 7.97. The molecule has 0 radical (unpaired) electrons. The lowest BCUT2D eigenvalue weighted by atomic mass is 10.1. The fraction of sp³-hybridized carbons (Fsp3) is 0.182. The topological polar surface area (TPSA) is 53.1 Å². The molecule has 78 valence electrons. The van der Waals surface area contributed by atoms with Gasteiger partial charge in [0.1, 0.15) is 5.25 Å². The summed E-state index contributed by atoms with van der Waals surface area (Å²) in [5.41, 5.74) is 2.02. The van der Waals surface area contributed by atoms with Crippen LogP contribution in [-0.2, 0) is 11.2 Å². The Bertz CT molecular complexity index is 492. The summed E-state index contributed by atoms with van der Waals surface area (Å²) in [7, 11) is 0. The summed E-state index contributed by atoms with van der Waals surface area (Å²) < 4.78 is 0. The maximum absolute atomic E-state index is 10.7. The third-order valence-electron chi connectivity index (χ3n) is 2.37. The van der Waals surface area contributed by atoms with E-state index in [0.29, 0.717) is 6.42 Å². The molecule has 0 aliphatic heterocycles. The van der Waals surface area contributed by atoms with E-state index in [-0.39, 0.29) is 0 Å². The lowest BCUT2D eigenvalue weighted by Crippen LogP contribution is -2.15. The number of carbonyl (C=O) groups is 1. The molecule has 0 aliphatic rings. The van der Waals surface area contributed by atoms with Crippen molar-refractivity contribution in [3.63, 3.8) is 0 Å². The summed E-state index contributed by atoms with van der Waals surface area (Å²) in [6.07, 6.45) is 2.28. The molecule has 0 fully saturated rings. The number of aliphatic carboxylic acids is 1. The molecule has 2 aromatic rings. The van der Waals surface area contributed by atoms with Crippen LogP contribution in [0.15, 0.2) is 30.5 Å². The van der Waals surface area contributed by atoms with E-state index in [9.17, 15) is 4.79 Å². The van der Waals surface area contributed by atoms with Crippen molar-refractivity contribution in [2.24, 2.45) is 0 Å². The molecule has 0 aliphatic carbocycles. The van der Waals surface area contributed by atoms with Gasteiger partial charge in [0.25, 0.3) is 0 Å². The Kier molecular flexibility index (Phi) is 2.68. The monoisotopic (exact) mass is 221 g/mol. The second-order valence-electron chi connectivity index (χ2n) is 3.42. The molecule has 2 N–H and O–H groups in total. The van der Waals surface area contributed by atoms with E-state index in [0.717, 1.165) is 16.5 Å². The molecular formula is C11H11NO2S. The number of thiol groups is 1. The van der Waals surface area contributed by atoms with Gasteiger partial charge in [-0.05, 0) is 18.1 Å². The van der Waals surface area contributed by atoms with Crippen LogP contribution >= 0.6 is 12.6 Å². The van der Waals surface area contributed by atoms with Gasteiger partial charge >= 0.3 is 5.97 Å². The lowest BCUT2D eigenvalue weighted by Gasteiger charge is -2.03. The van der Waals surface area contributed by atoms with E-state index in [1.807, 2.05) is 30.5 Å². The zero-order valence-corrected chi connectivity index (χ0v) is 8.87. The summed E-state index contributed by atoms with van der Waals surface area (Å²) in [6, 6.07) is 7.82. The minimum absolute atomic E-state index is 0.433. The highest BCUT2D eigenvalue weighted by Crippen LogP contribution is 2.20. The fourth-order valence-electron chi connectivity index (χ4n) is 1.60. The van der Waals surface area contributed by atoms with Gasteiger partial charge in [-0.15, -0.1) is 0 Å². The van der Waals surface area contributed by atoms with Crippen LogP contribution in [-0.4, -0.2) is 21.3 Å². The summed E-state index contributed by atoms with van der Waals surface area (Å²) in [4.78, 5) is 13.8. The molecule has 1 aromatic heterocycles. The number of fused-ring (bicyclic) bond motifs is 1. The molecular weight excluding hydrogens is 210 g/mol. The first-order chi connectivity index (χ1) is 7.18. The van der Waals surface area contributed by atoms with Crippen LogP contribution in [0.3, 0.4) is 0 Å². The van der Waals surface area contributed by atoms with Gasteiger partial charge in [-0.3, -0.25) is 4.79 Å². The molecule has 1 heterocycles. The standard InChI is InChI=1S/C11H11NO2S/c13-11(14)10(15)5-7-6-12-9-4-2-1-3-8(7)9/h1-4,6,10,12,15H,5H2,(H,13,14)/t10-/m1/s1. The Morgan fingerprint density at radius 2 is 2.20 bits per heavy atom. The normalized spacial score (nSPS) is 12.9. The van der Waals surface area contributed by atoms with Crippen LogP contribution in [0.4, 0.5) is 0 Å². The summed E-state index contributed by atoms with van der Waals surface area (Å²) in [5.74, 6) is -0.886. The molecule has 0 amide bonds. The van der Waals surface area contributed by atoms with E-state index in [1.165, 1.54) is 0 Å². The molecule has 0 saturated carbocycles. The van der Waals surface area contributed by atoms with Crippen LogP contribution in [0.1, 0.15) is 5.56 Å². The number of carboxylic acids is 1. The van der Waals surface area contributed by atoms with Gasteiger partial charge in [0.05, 0.1) is 0 Å². The second kappa shape index (κ2) is 3.98. The zero-order chi connectivity index (χ0) is 10.8. The predicted octanol–water partition coefficient (Wildman–Crippen LogP) is 2.09. The quantitative estimate of drug-likeness (QED) is 0.695. The molecule has 2 rings (SSSR count). The number of H-pyrrole nitrogens is 1. The van der Waals surface area contributed by atoms with E-state index in [2.05, 4.69) is 17.6 Å². The molecule has 4 heteroatoms. The molecule has 15 heavy (non-hydrogen) atoms. The first-order valence-electron chi connectivity index (χ1n) is 4.64. The fourth-order valence-corrected chi connectivity index (χ4v) is 1.79. The van der Waals surface area contributed by atoms with Gasteiger partial charge < -0.3 is 10.1 Å². The Hall–Kier alpha value is -1.42. The van der Waals surface area contributed by atoms with Gasteiger partial charge in [0.2, 0.25) is 0 Å². The van der Waals surface area contributed by atoms with Crippen LogP contribution < -0.4 is 0 Å². The van der Waals surface area contributed by atoms with Crippen molar-refractivity contribution >= 4 is 29.5 Å². The highest BCUT2D eigenvalue weighted by atomic mass is 32.1. The molecule has 0 spiro atoms. The van der Waals surface area contributed by atoms with Crippen molar-refractivity contribution in [2.75, 3.05) is 0 Å². The minimum atomic E-state index is -0.886. The Morgan fingerprint density at radius 3 is 2.93 bits per heavy atom. The van der Waals surface area contributed by atoms with E-state index < -0.39 is 11.2 Å². The van der Waals surface area contributed by atoms with E-state index >= 15 is 0 Å². The largest absolute Gasteiger partial charge is 0.480 e. The van der Waals surface area contributed by atoms with Gasteiger partial charge in [-0.2, -0.15) is 12.6 Å². The number of hydrogen-bond donors (Lipinski definition) is 3. The van der Waals surface area contributed by atoms with E-state index in [4.69, 9.17) is 5.11 Å². The van der Waals surface area contributed by atoms with Gasteiger partial charge in [-0.25, -0.2) is 0 Å². The van der Waals surface area contributed by atoms with Gasteiger partial charge in [0, 0.05) is 17.1 Å². The average molecular weight is 221 g/mol. The van der Waals surface area contributed by atoms with Crippen LogP contribution in [0.2, 0.25) is 0 Å². The average Bonchev–Trinajstić information content (AvgIpc) is 2.62. The number of carboxylic acid groups (broad SMARTS) is 1. The third-order valence-corrected chi connectivity index (χ3v) is 2.78. The first kappa shape index (κ1) is 10.1. The summed E-state index contributed by atoms with van der Waals surface area (Å²) >= 11 is 4.02. The Balaban J connectivity index is 2.32. The van der Waals surface area contributed by atoms with Gasteiger partial charge in [-0.1, -0.05) is 18.2 Å². The summed E-state index contributed by atoms with van der Waals surface area (Å²) in [6.45, 7) is 0. The number of hydrogen-bond acceptors (Lipinski definition) is 2. The molecule has 1 atom stereocenters. The minimum Gasteiger partial charge on any atom is -0.480 e. The molecule has 0 unspecified atom stereocenters. The van der Waals surface area contributed by atoms with Gasteiger partial charge in [0.15, 0.2) is 0 Å². The lowest BCUT2D eigenvalue weighted by molar-refractivity contribution is -0.136. The van der Waals surface area contributed by atoms with Crippen molar-refractivity contribution in [1.29, 1.82) is 0 Å². The highest BCUT2D eigenvalue weighted by molar-refractivity contribution is 7.81. The number of aromatic nitrogens is 1. The Labute approximate surface area is 92.5 Å². The summed E-state index contributed by atoms with van der Waals surface area (Å²) in [5, 5.41) is 9.18. The number of nitrogens with one attached hydrogen (secondary N) is 1. The van der Waals surface area contributed by atoms with Crippen molar-refractivity contribution in [1.82, 2.24) is 4.98 Å². The first-order valence-corrected chi connectivity index (χ1v) is 5.16. The molecule has 3 nitrogen and oxygen atoms in total. The number of benzene rings is 1. The van der Waals surface area contributed by atoms with Crippen molar-refractivity contribution in [3.05, 3.63) is 36.0 Å². The second-order valence-corrected chi connectivity index (χ2v) is 4.04. The highest BCUT2D eigenvalue weighted by Gasteiger charge is 2.14. The molecule has 1 aromatic carbocycles. The number of rotatable bonds is 3. The van der Waals surface area contributed by atoms with Crippen molar-refractivity contribution in [2.45, 2.75) is 11.7 Å². The van der Waals surface area contributed by atoms with Crippen molar-refractivity contribution < 1.29 is 9.90 Å².